The fraction of sp³-hybridized carbons (Fsp3) is 0.217. The van der Waals surface area contributed by atoms with Gasteiger partial charge in [0.05, 0.1) is 17.2 Å². The zero-order chi connectivity index (χ0) is 23.2. The van der Waals surface area contributed by atoms with Gasteiger partial charge < -0.3 is 20.6 Å². The van der Waals surface area contributed by atoms with Gasteiger partial charge in [-0.1, -0.05) is 23.4 Å². The first-order valence-electron chi connectivity index (χ1n) is 10.8. The minimum absolute atomic E-state index is 0. The summed E-state index contributed by atoms with van der Waals surface area (Å²) in [5.74, 6) is 1.03. The Labute approximate surface area is 218 Å². The monoisotopic (exact) mass is 580 g/mol. The van der Waals surface area contributed by atoms with E-state index in [1.807, 2.05) is 12.1 Å². The zero-order valence-corrected chi connectivity index (χ0v) is 20.8. The van der Waals surface area contributed by atoms with E-state index < -0.39 is 0 Å². The van der Waals surface area contributed by atoms with Gasteiger partial charge in [-0.3, -0.25) is 9.97 Å². The van der Waals surface area contributed by atoms with Gasteiger partial charge in [0.25, 0.3) is 0 Å². The van der Waals surface area contributed by atoms with E-state index in [1.54, 1.807) is 30.9 Å². The van der Waals surface area contributed by atoms with Gasteiger partial charge in [0.1, 0.15) is 22.5 Å². The molecular weight excluding hydrogens is 560 g/mol. The molecule has 0 aromatic carbocycles. The number of fused-ring (bicyclic) bond motifs is 1. The Kier molecular flexibility index (Phi) is 8.55. The fourth-order valence-electron chi connectivity index (χ4n) is 3.38. The predicted octanol–water partition coefficient (Wildman–Crippen LogP) is 3.02. The maximum absolute atomic E-state index is 13.8. The largest absolute Gasteiger partial charge is 0.446 e. The van der Waals surface area contributed by atoms with E-state index in [1.165, 1.54) is 23.7 Å². The number of halogens is 1. The average molecular weight is 581 g/mol. The Hall–Kier alpha value is -3.17. The molecule has 0 fully saturated rings. The fourth-order valence-corrected chi connectivity index (χ4v) is 4.29. The molecule has 0 saturated carbocycles. The van der Waals surface area contributed by atoms with Crippen LogP contribution in [-0.4, -0.2) is 43.0 Å². The van der Waals surface area contributed by atoms with Gasteiger partial charge in [-0.2, -0.15) is 0 Å². The van der Waals surface area contributed by atoms with Gasteiger partial charge in [0, 0.05) is 52.0 Å². The Morgan fingerprint density at radius 1 is 0.971 bits per heavy atom. The average Bonchev–Trinajstić information content (AvgIpc) is 3.51. The minimum Gasteiger partial charge on any atom is -0.446 e. The van der Waals surface area contributed by atoms with Crippen molar-refractivity contribution in [2.75, 3.05) is 18.4 Å². The molecule has 0 unspecified atom stereocenters. The van der Waals surface area contributed by atoms with Crippen LogP contribution in [-0.2, 0) is 39.8 Å². The van der Waals surface area contributed by atoms with Crippen LogP contribution in [0.25, 0.3) is 21.6 Å². The van der Waals surface area contributed by atoms with E-state index in [9.17, 15) is 4.39 Å². The molecule has 0 saturated heterocycles. The molecule has 5 aromatic rings. The quantitative estimate of drug-likeness (QED) is 0.190. The van der Waals surface area contributed by atoms with Crippen molar-refractivity contribution < 1.29 is 24.8 Å². The first-order valence-corrected chi connectivity index (χ1v) is 11.6. The molecule has 0 spiro atoms. The third-order valence-electron chi connectivity index (χ3n) is 5.10. The van der Waals surface area contributed by atoms with Gasteiger partial charge in [-0.15, -0.1) is 0 Å². The maximum atomic E-state index is 13.8. The molecule has 0 aliphatic carbocycles. The van der Waals surface area contributed by atoms with Crippen molar-refractivity contribution in [3.63, 3.8) is 0 Å². The van der Waals surface area contributed by atoms with E-state index >= 15 is 0 Å². The molecule has 0 atom stereocenters. The first-order chi connectivity index (χ1) is 16.8. The van der Waals surface area contributed by atoms with E-state index in [2.05, 4.69) is 45.5 Å². The number of imidazole rings is 1. The smallest absolute Gasteiger partial charge is 0.157 e. The van der Waals surface area contributed by atoms with Crippen molar-refractivity contribution in [1.29, 1.82) is 0 Å². The van der Waals surface area contributed by atoms with Crippen LogP contribution in [0.15, 0.2) is 55.4 Å². The standard InChI is InChI=1S/C23H21FN9S.Pd/c24-16-2-1-7-27-18(16)13-29-22-21-23(31-14-30-22)34-20(33-21)6-11-26-10-5-19-28-12-17(32-19)15-3-8-25-9-4-15;/h1-4,7-9,12,14,26H,5-6,10-11,13H2,(H-,28,29,30,31,32);/q-1;. The predicted molar refractivity (Wildman–Crippen MR) is 128 cm³/mol. The second-order valence-corrected chi connectivity index (χ2v) is 8.49. The number of anilines is 1. The van der Waals surface area contributed by atoms with Gasteiger partial charge in [0.2, 0.25) is 0 Å². The second kappa shape index (κ2) is 12.0. The van der Waals surface area contributed by atoms with Crippen molar-refractivity contribution in [2.45, 2.75) is 19.4 Å². The van der Waals surface area contributed by atoms with Crippen LogP contribution in [0, 0.1) is 5.82 Å². The van der Waals surface area contributed by atoms with Crippen LogP contribution in [0.4, 0.5) is 10.2 Å². The molecule has 12 heteroatoms. The van der Waals surface area contributed by atoms with E-state index in [4.69, 9.17) is 0 Å². The summed E-state index contributed by atoms with van der Waals surface area (Å²) in [4.78, 5) is 31.1. The summed E-state index contributed by atoms with van der Waals surface area (Å²) in [6.45, 7) is 1.76. The Morgan fingerprint density at radius 2 is 1.83 bits per heavy atom. The van der Waals surface area contributed by atoms with Gasteiger partial charge in [0.15, 0.2) is 5.82 Å². The van der Waals surface area contributed by atoms with Gasteiger partial charge >= 0.3 is 0 Å². The number of hydrogen-bond acceptors (Lipinski definition) is 9. The number of nitrogens with one attached hydrogen (secondary N) is 2. The molecule has 0 aliphatic rings. The van der Waals surface area contributed by atoms with E-state index in [0.29, 0.717) is 17.0 Å². The van der Waals surface area contributed by atoms with Crippen molar-refractivity contribution >= 4 is 27.5 Å². The summed E-state index contributed by atoms with van der Waals surface area (Å²) in [5.41, 5.74) is 2.89. The maximum Gasteiger partial charge on any atom is 0.157 e. The Balaban J connectivity index is 0.00000289. The van der Waals surface area contributed by atoms with Crippen molar-refractivity contribution in [3.8, 4) is 11.3 Å². The van der Waals surface area contributed by atoms with E-state index in [0.717, 1.165) is 52.9 Å². The molecule has 35 heavy (non-hydrogen) atoms. The third-order valence-corrected chi connectivity index (χ3v) is 6.12. The van der Waals surface area contributed by atoms with Gasteiger partial charge in [-0.05, 0) is 48.5 Å². The number of thiazole rings is 1. The van der Waals surface area contributed by atoms with Crippen molar-refractivity contribution in [3.05, 3.63) is 77.7 Å². The van der Waals surface area contributed by atoms with Crippen LogP contribution in [0.1, 0.15) is 16.5 Å². The molecule has 0 amide bonds. The SMILES string of the molecule is Fc1cccnc1CNc1ncnc2sc(CCNCCc3ncc(-c4ccncc4)[n-]3)nc12.[Pd]. The normalized spacial score (nSPS) is 10.9. The van der Waals surface area contributed by atoms with E-state index in [-0.39, 0.29) is 32.8 Å². The summed E-state index contributed by atoms with van der Waals surface area (Å²) < 4.78 is 13.8. The number of nitrogens with zero attached hydrogens (tertiary/aromatic N) is 7. The Bertz CT molecular complexity index is 1380. The summed E-state index contributed by atoms with van der Waals surface area (Å²) in [7, 11) is 0. The van der Waals surface area contributed by atoms with Gasteiger partial charge in [-0.25, -0.2) is 19.3 Å². The molecule has 0 aliphatic heterocycles. The summed E-state index contributed by atoms with van der Waals surface area (Å²) >= 11 is 1.53. The number of aromatic nitrogens is 7. The number of hydrogen-bond donors (Lipinski definition) is 2. The van der Waals surface area contributed by atoms with Crippen LogP contribution in [0.5, 0.6) is 0 Å². The second-order valence-electron chi connectivity index (χ2n) is 7.43. The van der Waals surface area contributed by atoms with Crippen molar-refractivity contribution in [1.82, 2.24) is 40.2 Å². The third kappa shape index (κ3) is 6.29. The summed E-state index contributed by atoms with van der Waals surface area (Å²) in [6.07, 6.45) is 9.85. The molecule has 5 rings (SSSR count). The molecule has 0 radical (unpaired) electrons. The molecular formula is C23H21FN9PdS-. The molecule has 0 bridgehead atoms. The van der Waals surface area contributed by atoms with Crippen LogP contribution >= 0.6 is 11.3 Å². The van der Waals surface area contributed by atoms with Crippen LogP contribution in [0.3, 0.4) is 0 Å². The van der Waals surface area contributed by atoms with Crippen molar-refractivity contribution in [2.24, 2.45) is 0 Å². The van der Waals surface area contributed by atoms with Crippen LogP contribution in [0.2, 0.25) is 0 Å². The molecule has 9 nitrogen and oxygen atoms in total. The molecule has 182 valence electrons. The number of pyridine rings is 2. The summed E-state index contributed by atoms with van der Waals surface area (Å²) in [6, 6.07) is 6.80. The van der Waals surface area contributed by atoms with Crippen LogP contribution < -0.4 is 15.6 Å². The molecule has 2 N–H and O–H groups in total. The Morgan fingerprint density at radius 3 is 2.69 bits per heavy atom. The summed E-state index contributed by atoms with van der Waals surface area (Å²) in [5, 5.41) is 7.50. The molecule has 5 heterocycles. The zero-order valence-electron chi connectivity index (χ0n) is 18.5. The minimum atomic E-state index is -0.355. The first kappa shape index (κ1) is 24.9. The topological polar surface area (TPSA) is 116 Å². The molecule has 5 aromatic heterocycles. The number of rotatable bonds is 10.